The number of nitrogens with zero attached hydrogens (tertiary/aromatic N) is 1. The number of hydrogen-bond acceptors (Lipinski definition) is 3. The van der Waals surface area contributed by atoms with Gasteiger partial charge in [0.2, 0.25) is 5.88 Å². The quantitative estimate of drug-likeness (QED) is 0.788. The van der Waals surface area contributed by atoms with Gasteiger partial charge >= 0.3 is 0 Å². The lowest BCUT2D eigenvalue weighted by molar-refractivity contribution is 0.108. The molecule has 1 aromatic rings. The van der Waals surface area contributed by atoms with Gasteiger partial charge in [0.05, 0.1) is 17.3 Å². The van der Waals surface area contributed by atoms with Gasteiger partial charge in [-0.1, -0.05) is 0 Å². The van der Waals surface area contributed by atoms with E-state index >= 15 is 0 Å². The molecular formula is C7H11BrN2O2. The second-order valence-corrected chi connectivity index (χ2v) is 2.95. The van der Waals surface area contributed by atoms with Crippen molar-refractivity contribution < 1.29 is 9.47 Å². The van der Waals surface area contributed by atoms with E-state index in [-0.39, 0.29) is 0 Å². The number of aromatic nitrogens is 2. The number of H-pyrrole nitrogens is 1. The summed E-state index contributed by atoms with van der Waals surface area (Å²) in [7, 11) is 0. The molecule has 0 aliphatic rings. The summed E-state index contributed by atoms with van der Waals surface area (Å²) in [5, 5.41) is 6.49. The van der Waals surface area contributed by atoms with Crippen LogP contribution < -0.4 is 4.74 Å². The van der Waals surface area contributed by atoms with Gasteiger partial charge in [0.25, 0.3) is 0 Å². The Bertz CT molecular complexity index is 227. The molecule has 68 valence electrons. The van der Waals surface area contributed by atoms with Gasteiger partial charge in [0.1, 0.15) is 6.61 Å². The third-order valence-corrected chi connectivity index (χ3v) is 1.80. The normalized spacial score (nSPS) is 10.2. The second kappa shape index (κ2) is 5.16. The number of rotatable bonds is 5. The van der Waals surface area contributed by atoms with Crippen molar-refractivity contribution in [2.45, 2.75) is 6.92 Å². The van der Waals surface area contributed by atoms with E-state index in [1.165, 1.54) is 0 Å². The van der Waals surface area contributed by atoms with Crippen LogP contribution >= 0.6 is 15.9 Å². The SMILES string of the molecule is CCOCCOc1[nH]ncc1Br. The Morgan fingerprint density at radius 1 is 1.58 bits per heavy atom. The molecule has 1 aromatic heterocycles. The molecule has 0 aromatic carbocycles. The number of hydrogen-bond donors (Lipinski definition) is 1. The largest absolute Gasteiger partial charge is 0.475 e. The third-order valence-electron chi connectivity index (χ3n) is 1.24. The lowest BCUT2D eigenvalue weighted by atomic mass is 10.7. The molecule has 0 radical (unpaired) electrons. The Morgan fingerprint density at radius 2 is 2.42 bits per heavy atom. The highest BCUT2D eigenvalue weighted by atomic mass is 79.9. The van der Waals surface area contributed by atoms with Crippen LogP contribution in [0.2, 0.25) is 0 Å². The van der Waals surface area contributed by atoms with Crippen LogP contribution in [-0.2, 0) is 4.74 Å². The monoisotopic (exact) mass is 234 g/mol. The lowest BCUT2D eigenvalue weighted by Gasteiger charge is -2.03. The van der Waals surface area contributed by atoms with Crippen molar-refractivity contribution in [1.29, 1.82) is 0 Å². The van der Waals surface area contributed by atoms with Crippen molar-refractivity contribution in [3.05, 3.63) is 10.7 Å². The predicted octanol–water partition coefficient (Wildman–Crippen LogP) is 1.59. The summed E-state index contributed by atoms with van der Waals surface area (Å²) in [6.45, 7) is 3.80. The minimum Gasteiger partial charge on any atom is -0.475 e. The highest BCUT2D eigenvalue weighted by Crippen LogP contribution is 2.19. The lowest BCUT2D eigenvalue weighted by Crippen LogP contribution is -2.06. The zero-order valence-corrected chi connectivity index (χ0v) is 8.43. The Balaban J connectivity index is 2.20. The van der Waals surface area contributed by atoms with Crippen LogP contribution in [0.25, 0.3) is 0 Å². The molecule has 0 fully saturated rings. The van der Waals surface area contributed by atoms with Gasteiger partial charge in [-0.05, 0) is 22.9 Å². The molecule has 1 heterocycles. The van der Waals surface area contributed by atoms with Crippen LogP contribution in [0.15, 0.2) is 10.7 Å². The molecule has 0 unspecified atom stereocenters. The van der Waals surface area contributed by atoms with Crippen molar-refractivity contribution in [1.82, 2.24) is 10.2 Å². The Morgan fingerprint density at radius 3 is 3.00 bits per heavy atom. The minimum atomic E-state index is 0.536. The molecule has 0 bridgehead atoms. The summed E-state index contributed by atoms with van der Waals surface area (Å²) < 4.78 is 11.2. The van der Waals surface area contributed by atoms with Gasteiger partial charge in [0.15, 0.2) is 0 Å². The van der Waals surface area contributed by atoms with E-state index in [1.807, 2.05) is 6.92 Å². The van der Waals surface area contributed by atoms with E-state index in [1.54, 1.807) is 6.20 Å². The van der Waals surface area contributed by atoms with Gasteiger partial charge < -0.3 is 9.47 Å². The third kappa shape index (κ3) is 2.83. The molecule has 1 N–H and O–H groups in total. The fraction of sp³-hybridized carbons (Fsp3) is 0.571. The fourth-order valence-electron chi connectivity index (χ4n) is 0.708. The standard InChI is InChI=1S/C7H11BrN2O2/c1-2-11-3-4-12-7-6(8)5-9-10-7/h5H,2-4H2,1H3,(H,9,10). The van der Waals surface area contributed by atoms with E-state index in [0.29, 0.717) is 25.7 Å². The van der Waals surface area contributed by atoms with Crippen LogP contribution in [-0.4, -0.2) is 30.0 Å². The van der Waals surface area contributed by atoms with Crippen molar-refractivity contribution in [3.8, 4) is 5.88 Å². The number of halogens is 1. The first kappa shape index (κ1) is 9.54. The molecule has 0 aliphatic heterocycles. The van der Waals surface area contributed by atoms with Crippen LogP contribution in [0.1, 0.15) is 6.92 Å². The smallest absolute Gasteiger partial charge is 0.223 e. The van der Waals surface area contributed by atoms with Gasteiger partial charge in [-0.25, -0.2) is 5.10 Å². The maximum atomic E-state index is 5.29. The molecule has 0 spiro atoms. The molecule has 0 saturated heterocycles. The molecule has 5 heteroatoms. The topological polar surface area (TPSA) is 47.1 Å². The first-order valence-corrected chi connectivity index (χ1v) is 4.53. The summed E-state index contributed by atoms with van der Waals surface area (Å²) in [5.41, 5.74) is 0. The number of aromatic amines is 1. The second-order valence-electron chi connectivity index (χ2n) is 2.09. The molecule has 12 heavy (non-hydrogen) atoms. The maximum Gasteiger partial charge on any atom is 0.223 e. The first-order chi connectivity index (χ1) is 5.84. The van der Waals surface area contributed by atoms with Crippen molar-refractivity contribution >= 4 is 15.9 Å². The van der Waals surface area contributed by atoms with Gasteiger partial charge in [-0.2, -0.15) is 5.10 Å². The van der Waals surface area contributed by atoms with Crippen LogP contribution in [0.3, 0.4) is 0 Å². The number of nitrogens with one attached hydrogen (secondary N) is 1. The van der Waals surface area contributed by atoms with E-state index in [4.69, 9.17) is 9.47 Å². The highest BCUT2D eigenvalue weighted by molar-refractivity contribution is 9.10. The van der Waals surface area contributed by atoms with Gasteiger partial charge in [-0.15, -0.1) is 0 Å². The molecular weight excluding hydrogens is 224 g/mol. The average molecular weight is 235 g/mol. The van der Waals surface area contributed by atoms with E-state index in [9.17, 15) is 0 Å². The van der Waals surface area contributed by atoms with Crippen molar-refractivity contribution in [3.63, 3.8) is 0 Å². The molecule has 4 nitrogen and oxygen atoms in total. The Kier molecular flexibility index (Phi) is 4.10. The van der Waals surface area contributed by atoms with E-state index < -0.39 is 0 Å². The van der Waals surface area contributed by atoms with Crippen molar-refractivity contribution in [2.24, 2.45) is 0 Å². The zero-order valence-electron chi connectivity index (χ0n) is 6.84. The zero-order chi connectivity index (χ0) is 8.81. The Hall–Kier alpha value is -0.550. The minimum absolute atomic E-state index is 0.536. The molecule has 0 amide bonds. The van der Waals surface area contributed by atoms with Gasteiger partial charge in [-0.3, -0.25) is 0 Å². The Labute approximate surface area is 79.4 Å². The average Bonchev–Trinajstić information content (AvgIpc) is 2.46. The summed E-state index contributed by atoms with van der Waals surface area (Å²) in [6, 6.07) is 0. The van der Waals surface area contributed by atoms with E-state index in [2.05, 4.69) is 26.1 Å². The predicted molar refractivity (Wildman–Crippen MR) is 48.3 cm³/mol. The molecule has 0 aliphatic carbocycles. The molecule has 1 rings (SSSR count). The summed E-state index contributed by atoms with van der Waals surface area (Å²) >= 11 is 3.28. The van der Waals surface area contributed by atoms with Crippen LogP contribution in [0.5, 0.6) is 5.88 Å². The summed E-state index contributed by atoms with van der Waals surface area (Å²) in [5.74, 6) is 0.648. The number of ether oxygens (including phenoxy) is 2. The maximum absolute atomic E-state index is 5.29. The highest BCUT2D eigenvalue weighted by Gasteiger charge is 2.00. The molecule has 0 atom stereocenters. The summed E-state index contributed by atoms with van der Waals surface area (Å²) in [6.07, 6.45) is 1.65. The summed E-state index contributed by atoms with van der Waals surface area (Å²) in [4.78, 5) is 0. The van der Waals surface area contributed by atoms with Crippen LogP contribution in [0, 0.1) is 0 Å². The fourth-order valence-corrected chi connectivity index (χ4v) is 1.01. The van der Waals surface area contributed by atoms with Gasteiger partial charge in [0, 0.05) is 6.61 Å². The van der Waals surface area contributed by atoms with Crippen molar-refractivity contribution in [2.75, 3.05) is 19.8 Å². The van der Waals surface area contributed by atoms with E-state index in [0.717, 1.165) is 4.47 Å². The molecule has 0 saturated carbocycles. The van der Waals surface area contributed by atoms with Crippen LogP contribution in [0.4, 0.5) is 0 Å². The first-order valence-electron chi connectivity index (χ1n) is 3.74.